The van der Waals surface area contributed by atoms with Crippen molar-refractivity contribution in [2.24, 2.45) is 0 Å². The number of unbranched alkanes of at least 4 members (excludes halogenated alkanes) is 2. The van der Waals surface area contributed by atoms with Gasteiger partial charge >= 0.3 is 0 Å². The zero-order valence-electron chi connectivity index (χ0n) is 9.75. The molecular formula is C13H20ClNO. The first-order valence-electron chi connectivity index (χ1n) is 5.89. The summed E-state index contributed by atoms with van der Waals surface area (Å²) in [7, 11) is 0. The van der Waals surface area contributed by atoms with Gasteiger partial charge < -0.3 is 10.4 Å². The third kappa shape index (κ3) is 4.86. The summed E-state index contributed by atoms with van der Waals surface area (Å²) in [6.45, 7) is 2.35. The zero-order valence-corrected chi connectivity index (χ0v) is 10.5. The van der Waals surface area contributed by atoms with E-state index in [1.165, 1.54) is 12.8 Å². The number of aliphatic hydroxyl groups excluding tert-OH is 1. The Balaban J connectivity index is 2.40. The van der Waals surface area contributed by atoms with Crippen LogP contribution < -0.4 is 5.32 Å². The van der Waals surface area contributed by atoms with Gasteiger partial charge in [0.25, 0.3) is 0 Å². The van der Waals surface area contributed by atoms with Crippen LogP contribution >= 0.6 is 11.6 Å². The molecule has 0 spiro atoms. The summed E-state index contributed by atoms with van der Waals surface area (Å²) >= 11 is 5.81. The molecule has 90 valence electrons. The number of rotatable bonds is 7. The number of nitrogens with one attached hydrogen (secondary N) is 1. The highest BCUT2D eigenvalue weighted by Crippen LogP contribution is 2.15. The summed E-state index contributed by atoms with van der Waals surface area (Å²) in [5.74, 6) is 0. The van der Waals surface area contributed by atoms with Crippen LogP contribution in [0.1, 0.15) is 32.6 Å². The highest BCUT2D eigenvalue weighted by Gasteiger charge is 2.06. The number of halogens is 1. The lowest BCUT2D eigenvalue weighted by Crippen LogP contribution is -2.23. The minimum atomic E-state index is 0.146. The minimum Gasteiger partial charge on any atom is -0.394 e. The molecule has 0 aliphatic rings. The molecule has 1 atom stereocenters. The van der Waals surface area contributed by atoms with Crippen LogP contribution in [-0.4, -0.2) is 17.8 Å². The van der Waals surface area contributed by atoms with Crippen LogP contribution in [0.2, 0.25) is 5.02 Å². The molecule has 1 aromatic rings. The second-order valence-corrected chi connectivity index (χ2v) is 4.46. The van der Waals surface area contributed by atoms with Crippen molar-refractivity contribution in [1.82, 2.24) is 0 Å². The molecule has 2 N–H and O–H groups in total. The van der Waals surface area contributed by atoms with Crippen molar-refractivity contribution in [3.05, 3.63) is 29.3 Å². The number of anilines is 1. The van der Waals surface area contributed by atoms with Crippen LogP contribution in [0.5, 0.6) is 0 Å². The van der Waals surface area contributed by atoms with Gasteiger partial charge in [0.2, 0.25) is 0 Å². The lowest BCUT2D eigenvalue weighted by Gasteiger charge is -2.17. The number of benzene rings is 1. The Labute approximate surface area is 103 Å². The lowest BCUT2D eigenvalue weighted by atomic mass is 10.1. The Morgan fingerprint density at radius 2 is 1.94 bits per heavy atom. The highest BCUT2D eigenvalue weighted by molar-refractivity contribution is 6.30. The molecule has 1 rings (SSSR count). The predicted octanol–water partition coefficient (Wildman–Crippen LogP) is 3.69. The molecule has 0 aliphatic heterocycles. The van der Waals surface area contributed by atoms with Crippen LogP contribution in [0.25, 0.3) is 0 Å². The molecule has 3 heteroatoms. The van der Waals surface area contributed by atoms with Gasteiger partial charge in [0.1, 0.15) is 0 Å². The molecule has 16 heavy (non-hydrogen) atoms. The molecule has 0 heterocycles. The third-order valence-electron chi connectivity index (χ3n) is 2.59. The van der Waals surface area contributed by atoms with Crippen molar-refractivity contribution < 1.29 is 5.11 Å². The molecule has 0 radical (unpaired) electrons. The van der Waals surface area contributed by atoms with Crippen molar-refractivity contribution in [3.8, 4) is 0 Å². The quantitative estimate of drug-likeness (QED) is 0.714. The predicted molar refractivity (Wildman–Crippen MR) is 70.1 cm³/mol. The van der Waals surface area contributed by atoms with E-state index in [4.69, 9.17) is 11.6 Å². The van der Waals surface area contributed by atoms with Crippen molar-refractivity contribution in [3.63, 3.8) is 0 Å². The van der Waals surface area contributed by atoms with Crippen molar-refractivity contribution in [1.29, 1.82) is 0 Å². The molecule has 0 aromatic heterocycles. The first-order chi connectivity index (χ1) is 7.76. The summed E-state index contributed by atoms with van der Waals surface area (Å²) in [5, 5.41) is 13.3. The summed E-state index contributed by atoms with van der Waals surface area (Å²) in [4.78, 5) is 0. The fourth-order valence-corrected chi connectivity index (χ4v) is 1.76. The summed E-state index contributed by atoms with van der Waals surface area (Å²) in [6.07, 6.45) is 4.59. The van der Waals surface area contributed by atoms with E-state index in [0.717, 1.165) is 23.6 Å². The monoisotopic (exact) mass is 241 g/mol. The molecule has 0 bridgehead atoms. The van der Waals surface area contributed by atoms with Gasteiger partial charge in [-0.2, -0.15) is 0 Å². The number of hydrogen-bond acceptors (Lipinski definition) is 2. The standard InChI is InChI=1S/C13H20ClNO/c1-2-3-4-5-13(10-16)15-12-8-6-11(14)7-9-12/h6-9,13,15-16H,2-5,10H2,1H3. The molecule has 2 nitrogen and oxygen atoms in total. The molecule has 1 unspecified atom stereocenters. The maximum absolute atomic E-state index is 9.25. The van der Waals surface area contributed by atoms with E-state index in [2.05, 4.69) is 12.2 Å². The van der Waals surface area contributed by atoms with E-state index in [1.807, 2.05) is 24.3 Å². The average Bonchev–Trinajstić information content (AvgIpc) is 2.31. The third-order valence-corrected chi connectivity index (χ3v) is 2.84. The van der Waals surface area contributed by atoms with E-state index in [1.54, 1.807) is 0 Å². The van der Waals surface area contributed by atoms with Crippen molar-refractivity contribution in [2.75, 3.05) is 11.9 Å². The van der Waals surface area contributed by atoms with Crippen LogP contribution in [-0.2, 0) is 0 Å². The van der Waals surface area contributed by atoms with Gasteiger partial charge in [0, 0.05) is 16.8 Å². The largest absolute Gasteiger partial charge is 0.394 e. The van der Waals surface area contributed by atoms with Gasteiger partial charge in [-0.25, -0.2) is 0 Å². The molecule has 0 amide bonds. The zero-order chi connectivity index (χ0) is 11.8. The van der Waals surface area contributed by atoms with Gasteiger partial charge in [0.15, 0.2) is 0 Å². The lowest BCUT2D eigenvalue weighted by molar-refractivity contribution is 0.266. The van der Waals surface area contributed by atoms with Crippen molar-refractivity contribution >= 4 is 17.3 Å². The first-order valence-corrected chi connectivity index (χ1v) is 6.27. The number of hydrogen-bond donors (Lipinski definition) is 2. The normalized spacial score (nSPS) is 12.4. The topological polar surface area (TPSA) is 32.3 Å². The van der Waals surface area contributed by atoms with Gasteiger partial charge in [-0.15, -0.1) is 0 Å². The van der Waals surface area contributed by atoms with Crippen LogP contribution in [0.3, 0.4) is 0 Å². The van der Waals surface area contributed by atoms with Crippen LogP contribution in [0.4, 0.5) is 5.69 Å². The highest BCUT2D eigenvalue weighted by atomic mass is 35.5. The average molecular weight is 242 g/mol. The Bertz CT molecular complexity index is 286. The van der Waals surface area contributed by atoms with E-state index in [-0.39, 0.29) is 12.6 Å². The Morgan fingerprint density at radius 3 is 2.50 bits per heavy atom. The molecule has 1 aromatic carbocycles. The first kappa shape index (κ1) is 13.3. The van der Waals surface area contributed by atoms with E-state index >= 15 is 0 Å². The molecular weight excluding hydrogens is 222 g/mol. The van der Waals surface area contributed by atoms with Crippen LogP contribution in [0.15, 0.2) is 24.3 Å². The van der Waals surface area contributed by atoms with Crippen LogP contribution in [0, 0.1) is 0 Å². The summed E-state index contributed by atoms with van der Waals surface area (Å²) < 4.78 is 0. The van der Waals surface area contributed by atoms with E-state index in [9.17, 15) is 5.11 Å². The Hall–Kier alpha value is -0.730. The van der Waals surface area contributed by atoms with Gasteiger partial charge in [-0.05, 0) is 30.7 Å². The molecule has 0 saturated carbocycles. The maximum atomic E-state index is 9.25. The fourth-order valence-electron chi connectivity index (χ4n) is 1.63. The summed E-state index contributed by atoms with van der Waals surface area (Å²) in [5.41, 5.74) is 1.01. The van der Waals surface area contributed by atoms with Crippen molar-refractivity contribution in [2.45, 2.75) is 38.6 Å². The SMILES string of the molecule is CCCCCC(CO)Nc1ccc(Cl)cc1. The molecule has 0 saturated heterocycles. The number of aliphatic hydroxyl groups is 1. The fraction of sp³-hybridized carbons (Fsp3) is 0.538. The molecule has 0 fully saturated rings. The second-order valence-electron chi connectivity index (χ2n) is 4.03. The van der Waals surface area contributed by atoms with Gasteiger partial charge in [-0.1, -0.05) is 37.8 Å². The smallest absolute Gasteiger partial charge is 0.0632 e. The van der Waals surface area contributed by atoms with Gasteiger partial charge in [-0.3, -0.25) is 0 Å². The minimum absolute atomic E-state index is 0.146. The summed E-state index contributed by atoms with van der Waals surface area (Å²) in [6, 6.07) is 7.72. The molecule has 0 aliphatic carbocycles. The Kier molecular flexibility index (Phi) is 6.27. The van der Waals surface area contributed by atoms with E-state index < -0.39 is 0 Å². The second kappa shape index (κ2) is 7.53. The maximum Gasteiger partial charge on any atom is 0.0632 e. The van der Waals surface area contributed by atoms with E-state index in [0.29, 0.717) is 0 Å². The van der Waals surface area contributed by atoms with Gasteiger partial charge in [0.05, 0.1) is 6.61 Å². The Morgan fingerprint density at radius 1 is 1.25 bits per heavy atom.